The van der Waals surface area contributed by atoms with Crippen molar-refractivity contribution in [3.8, 4) is 0 Å². The molecule has 0 amide bonds. The molecule has 0 radical (unpaired) electrons. The Kier molecular flexibility index (Phi) is 61.1. The fourth-order valence-corrected chi connectivity index (χ4v) is 10.3. The molecule has 1 unspecified atom stereocenters. The van der Waals surface area contributed by atoms with Crippen LogP contribution in [-0.4, -0.2) is 37.2 Å². The van der Waals surface area contributed by atoms with E-state index in [1.165, 1.54) is 283 Å². The van der Waals surface area contributed by atoms with Gasteiger partial charge in [-0.2, -0.15) is 0 Å². The van der Waals surface area contributed by atoms with Gasteiger partial charge in [0.2, 0.25) is 0 Å². The summed E-state index contributed by atoms with van der Waals surface area (Å²) >= 11 is 0. The van der Waals surface area contributed by atoms with Crippen molar-refractivity contribution in [2.45, 2.75) is 386 Å². The topological polar surface area (TPSA) is 78.9 Å². The first-order chi connectivity index (χ1) is 36.0. The predicted molar refractivity (Wildman–Crippen MR) is 317 cm³/mol. The Morgan fingerprint density at radius 2 is 0.452 bits per heavy atom. The van der Waals surface area contributed by atoms with E-state index in [0.29, 0.717) is 19.3 Å². The summed E-state index contributed by atoms with van der Waals surface area (Å²) in [5.74, 6) is -0.843. The van der Waals surface area contributed by atoms with Crippen LogP contribution in [0.1, 0.15) is 380 Å². The molecule has 0 rings (SSSR count). The largest absolute Gasteiger partial charge is 0.462 e. The van der Waals surface area contributed by atoms with E-state index in [1.807, 2.05) is 0 Å². The van der Waals surface area contributed by atoms with Crippen molar-refractivity contribution in [3.63, 3.8) is 0 Å². The van der Waals surface area contributed by atoms with Crippen LogP contribution in [0.4, 0.5) is 0 Å². The van der Waals surface area contributed by atoms with E-state index in [-0.39, 0.29) is 31.1 Å². The molecule has 0 aliphatic carbocycles. The molecule has 0 N–H and O–H groups in total. The number of allylic oxidation sites excluding steroid dienone is 2. The Balaban J connectivity index is 4.12. The maximum absolute atomic E-state index is 12.9. The molecule has 0 saturated heterocycles. The molecular formula is C67H128O6. The molecule has 0 spiro atoms. The monoisotopic (exact) mass is 1030 g/mol. The summed E-state index contributed by atoms with van der Waals surface area (Å²) in [6.45, 7) is 6.70. The van der Waals surface area contributed by atoms with Gasteiger partial charge in [0.25, 0.3) is 0 Å². The highest BCUT2D eigenvalue weighted by Crippen LogP contribution is 2.18. The summed E-state index contributed by atoms with van der Waals surface area (Å²) in [5, 5.41) is 0. The highest BCUT2D eigenvalue weighted by Gasteiger charge is 2.19. The average molecular weight is 1030 g/mol. The summed E-state index contributed by atoms with van der Waals surface area (Å²) in [6, 6.07) is 0. The van der Waals surface area contributed by atoms with Crippen molar-refractivity contribution < 1.29 is 28.6 Å². The standard InChI is InChI=1S/C67H128O6/c1-4-7-10-13-16-19-22-24-26-28-30-31-32-33-34-35-36-37-38-40-41-43-45-48-51-54-57-60-66(69)72-63-64(62-71-65(68)59-56-53-50-47-21-18-15-12-9-6-3)73-67(70)61-58-55-52-49-46-44-42-39-29-27-25-23-20-17-14-11-8-5-2/h27,29,64H,4-26,28,30-63H2,1-3H3/b29-27-. The number of hydrogen-bond donors (Lipinski definition) is 0. The fraction of sp³-hybridized carbons (Fsp3) is 0.925. The molecule has 6 heteroatoms. The van der Waals surface area contributed by atoms with Gasteiger partial charge in [-0.25, -0.2) is 0 Å². The lowest BCUT2D eigenvalue weighted by atomic mass is 10.0. The lowest BCUT2D eigenvalue weighted by molar-refractivity contribution is -0.167. The summed E-state index contributed by atoms with van der Waals surface area (Å²) in [5.41, 5.74) is 0. The van der Waals surface area contributed by atoms with Crippen molar-refractivity contribution in [1.82, 2.24) is 0 Å². The first kappa shape index (κ1) is 71.2. The SMILES string of the molecule is CCCCCCCCC/C=C\CCCCCCCCCC(=O)OC(COC(=O)CCCCCCCCCCCC)COC(=O)CCCCCCCCCCCCCCCCCCCCCCCCCCCCC. The van der Waals surface area contributed by atoms with Crippen LogP contribution in [0, 0.1) is 0 Å². The fourth-order valence-electron chi connectivity index (χ4n) is 10.3. The molecule has 73 heavy (non-hydrogen) atoms. The highest BCUT2D eigenvalue weighted by atomic mass is 16.6. The Hall–Kier alpha value is -1.85. The van der Waals surface area contributed by atoms with Crippen LogP contribution in [0.25, 0.3) is 0 Å². The second kappa shape index (κ2) is 62.7. The summed E-state index contributed by atoms with van der Waals surface area (Å²) in [6.07, 6.45) is 73.9. The van der Waals surface area contributed by atoms with E-state index in [0.717, 1.165) is 57.8 Å². The summed E-state index contributed by atoms with van der Waals surface area (Å²) in [7, 11) is 0. The first-order valence-electron chi connectivity index (χ1n) is 33.2. The van der Waals surface area contributed by atoms with Crippen LogP contribution in [0.5, 0.6) is 0 Å². The van der Waals surface area contributed by atoms with E-state index in [1.54, 1.807) is 0 Å². The predicted octanol–water partition coefficient (Wildman–Crippen LogP) is 22.4. The molecule has 0 aromatic heterocycles. The van der Waals surface area contributed by atoms with Crippen LogP contribution in [0.2, 0.25) is 0 Å². The van der Waals surface area contributed by atoms with E-state index >= 15 is 0 Å². The zero-order valence-electron chi connectivity index (χ0n) is 49.7. The van der Waals surface area contributed by atoms with Crippen molar-refractivity contribution in [1.29, 1.82) is 0 Å². The second-order valence-corrected chi connectivity index (χ2v) is 22.7. The third kappa shape index (κ3) is 60.9. The van der Waals surface area contributed by atoms with Crippen molar-refractivity contribution in [3.05, 3.63) is 12.2 Å². The van der Waals surface area contributed by atoms with Gasteiger partial charge in [0.15, 0.2) is 6.10 Å². The third-order valence-corrected chi connectivity index (χ3v) is 15.3. The minimum atomic E-state index is -0.767. The lowest BCUT2D eigenvalue weighted by Crippen LogP contribution is -2.30. The van der Waals surface area contributed by atoms with Gasteiger partial charge >= 0.3 is 17.9 Å². The second-order valence-electron chi connectivity index (χ2n) is 22.7. The summed E-state index contributed by atoms with van der Waals surface area (Å²) < 4.78 is 16.9. The van der Waals surface area contributed by atoms with Crippen LogP contribution < -0.4 is 0 Å². The Bertz CT molecular complexity index is 1130. The van der Waals surface area contributed by atoms with Gasteiger partial charge in [-0.1, -0.05) is 328 Å². The molecule has 6 nitrogen and oxygen atoms in total. The zero-order chi connectivity index (χ0) is 52.9. The van der Waals surface area contributed by atoms with E-state index in [2.05, 4.69) is 32.9 Å². The number of unbranched alkanes of at least 4 members (excludes halogenated alkanes) is 49. The minimum Gasteiger partial charge on any atom is -0.462 e. The molecule has 0 heterocycles. The molecule has 0 aliphatic rings. The average Bonchev–Trinajstić information content (AvgIpc) is 3.39. The smallest absolute Gasteiger partial charge is 0.306 e. The van der Waals surface area contributed by atoms with Crippen molar-refractivity contribution >= 4 is 17.9 Å². The number of esters is 3. The van der Waals surface area contributed by atoms with Gasteiger partial charge in [-0.3, -0.25) is 14.4 Å². The maximum Gasteiger partial charge on any atom is 0.306 e. The Labute approximate surface area is 456 Å². The number of rotatable bonds is 62. The van der Waals surface area contributed by atoms with Crippen LogP contribution >= 0.6 is 0 Å². The van der Waals surface area contributed by atoms with Crippen LogP contribution in [-0.2, 0) is 28.6 Å². The van der Waals surface area contributed by atoms with Gasteiger partial charge < -0.3 is 14.2 Å². The molecule has 0 saturated carbocycles. The molecule has 0 aromatic carbocycles. The van der Waals surface area contributed by atoms with Crippen LogP contribution in [0.3, 0.4) is 0 Å². The van der Waals surface area contributed by atoms with Gasteiger partial charge in [0.1, 0.15) is 13.2 Å². The lowest BCUT2D eigenvalue weighted by Gasteiger charge is -2.18. The normalized spacial score (nSPS) is 12.0. The molecule has 0 aromatic rings. The molecule has 1 atom stereocenters. The molecule has 0 aliphatic heterocycles. The number of carbonyl (C=O) groups is 3. The van der Waals surface area contributed by atoms with Crippen molar-refractivity contribution in [2.24, 2.45) is 0 Å². The Morgan fingerprint density at radius 1 is 0.260 bits per heavy atom. The Morgan fingerprint density at radius 3 is 0.685 bits per heavy atom. The minimum absolute atomic E-state index is 0.0655. The summed E-state index contributed by atoms with van der Waals surface area (Å²) in [4.78, 5) is 38.2. The number of hydrogen-bond acceptors (Lipinski definition) is 6. The quantitative estimate of drug-likeness (QED) is 0.0261. The number of ether oxygens (including phenoxy) is 3. The van der Waals surface area contributed by atoms with Crippen LogP contribution in [0.15, 0.2) is 12.2 Å². The van der Waals surface area contributed by atoms with Crippen molar-refractivity contribution in [2.75, 3.05) is 13.2 Å². The highest BCUT2D eigenvalue weighted by molar-refractivity contribution is 5.71. The van der Waals surface area contributed by atoms with E-state index in [9.17, 15) is 14.4 Å². The van der Waals surface area contributed by atoms with E-state index in [4.69, 9.17) is 14.2 Å². The molecule has 0 bridgehead atoms. The zero-order valence-corrected chi connectivity index (χ0v) is 49.7. The third-order valence-electron chi connectivity index (χ3n) is 15.3. The van der Waals surface area contributed by atoms with Gasteiger partial charge in [0.05, 0.1) is 0 Å². The first-order valence-corrected chi connectivity index (χ1v) is 33.2. The molecule has 0 fully saturated rings. The van der Waals surface area contributed by atoms with Gasteiger partial charge in [0, 0.05) is 19.3 Å². The van der Waals surface area contributed by atoms with Gasteiger partial charge in [-0.05, 0) is 44.9 Å². The molecule has 432 valence electrons. The number of carbonyl (C=O) groups excluding carboxylic acids is 3. The maximum atomic E-state index is 12.9. The van der Waals surface area contributed by atoms with E-state index < -0.39 is 6.10 Å². The molecular weight excluding hydrogens is 901 g/mol. The van der Waals surface area contributed by atoms with Gasteiger partial charge in [-0.15, -0.1) is 0 Å².